The van der Waals surface area contributed by atoms with Gasteiger partial charge in [0.05, 0.1) is 0 Å². The molecule has 2 rings (SSSR count). The second kappa shape index (κ2) is 5.29. The van der Waals surface area contributed by atoms with Gasteiger partial charge in [-0.2, -0.15) is 0 Å². The maximum atomic E-state index is 2.75. The smallest absolute Gasteiger partial charge is 0.00385 e. The molecule has 1 aliphatic heterocycles. The van der Waals surface area contributed by atoms with Crippen LogP contribution in [0.4, 0.5) is 0 Å². The average molecular weight is 235 g/mol. The fourth-order valence-electron chi connectivity index (χ4n) is 2.52. The molecule has 0 saturated carbocycles. The van der Waals surface area contributed by atoms with Crippen LogP contribution in [0, 0.1) is 0 Å². The van der Waals surface area contributed by atoms with Crippen LogP contribution in [-0.4, -0.2) is 24.0 Å². The number of likely N-dealkylation sites (tertiary alicyclic amines) is 1. The van der Waals surface area contributed by atoms with Crippen LogP contribution in [0.1, 0.15) is 38.2 Å². The van der Waals surface area contributed by atoms with Crippen molar-refractivity contribution in [2.75, 3.05) is 13.1 Å². The quantitative estimate of drug-likeness (QED) is 0.712. The molecule has 1 unspecified atom stereocenters. The third kappa shape index (κ3) is 2.84. The van der Waals surface area contributed by atoms with E-state index in [9.17, 15) is 0 Å². The Labute approximate surface area is 101 Å². The molecule has 0 radical (unpaired) electrons. The summed E-state index contributed by atoms with van der Waals surface area (Å²) in [6, 6.07) is 9.69. The zero-order valence-corrected chi connectivity index (χ0v) is 11.5. The van der Waals surface area contributed by atoms with E-state index >= 15 is 0 Å². The molecule has 1 saturated heterocycles. The van der Waals surface area contributed by atoms with Crippen molar-refractivity contribution >= 4 is 14.5 Å². The molecule has 1 aliphatic rings. The first-order chi connectivity index (χ1) is 7.66. The van der Waals surface area contributed by atoms with Crippen molar-refractivity contribution in [2.45, 2.75) is 38.6 Å². The summed E-state index contributed by atoms with van der Waals surface area (Å²) in [7, 11) is 2.75. The first kappa shape index (κ1) is 12.1. The van der Waals surface area contributed by atoms with E-state index in [1.54, 1.807) is 0 Å². The summed E-state index contributed by atoms with van der Waals surface area (Å²) in [6.07, 6.45) is 2.63. The highest BCUT2D eigenvalue weighted by Crippen LogP contribution is 2.28. The summed E-state index contributed by atoms with van der Waals surface area (Å²) in [6.45, 7) is 7.10. The molecule has 1 fully saturated rings. The number of hydrogen-bond acceptors (Lipinski definition) is 1. The summed E-state index contributed by atoms with van der Waals surface area (Å²) in [5, 5.41) is 1.28. The van der Waals surface area contributed by atoms with Crippen LogP contribution >= 0.6 is 9.24 Å². The van der Waals surface area contributed by atoms with Gasteiger partial charge in [-0.05, 0) is 56.6 Å². The minimum atomic E-state index is 0.704. The summed E-state index contributed by atoms with van der Waals surface area (Å²) in [4.78, 5) is 2.58. The Balaban J connectivity index is 1.96. The summed E-state index contributed by atoms with van der Waals surface area (Å²) in [5.74, 6) is 0.778. The lowest BCUT2D eigenvalue weighted by Crippen LogP contribution is -2.37. The van der Waals surface area contributed by atoms with Crippen LogP contribution in [0.2, 0.25) is 0 Å². The van der Waals surface area contributed by atoms with Crippen molar-refractivity contribution in [3.63, 3.8) is 0 Å². The zero-order chi connectivity index (χ0) is 11.5. The molecule has 0 amide bonds. The Morgan fingerprint density at radius 3 is 2.19 bits per heavy atom. The van der Waals surface area contributed by atoms with Gasteiger partial charge in [0.15, 0.2) is 0 Å². The van der Waals surface area contributed by atoms with E-state index in [1.165, 1.54) is 36.8 Å². The molecular weight excluding hydrogens is 213 g/mol. The largest absolute Gasteiger partial charge is 0.301 e. The Hall–Kier alpha value is -0.390. The molecule has 0 bridgehead atoms. The molecule has 0 aliphatic carbocycles. The summed E-state index contributed by atoms with van der Waals surface area (Å²) in [5.41, 5.74) is 1.52. The lowest BCUT2D eigenvalue weighted by molar-refractivity contribution is 0.172. The van der Waals surface area contributed by atoms with E-state index in [0.29, 0.717) is 6.04 Å². The molecule has 1 aromatic rings. The fourth-order valence-corrected chi connectivity index (χ4v) is 2.71. The van der Waals surface area contributed by atoms with Gasteiger partial charge in [-0.25, -0.2) is 0 Å². The molecule has 16 heavy (non-hydrogen) atoms. The van der Waals surface area contributed by atoms with Crippen molar-refractivity contribution in [1.82, 2.24) is 4.90 Å². The third-order valence-electron chi connectivity index (χ3n) is 3.67. The van der Waals surface area contributed by atoms with Crippen molar-refractivity contribution in [3.8, 4) is 0 Å². The second-order valence-electron chi connectivity index (χ2n) is 5.07. The highest BCUT2D eigenvalue weighted by atomic mass is 31.0. The topological polar surface area (TPSA) is 3.24 Å². The van der Waals surface area contributed by atoms with E-state index in [2.05, 4.69) is 52.3 Å². The van der Waals surface area contributed by atoms with Gasteiger partial charge in [0.25, 0.3) is 0 Å². The Kier molecular flexibility index (Phi) is 4.00. The third-order valence-corrected chi connectivity index (χ3v) is 4.05. The Bertz CT molecular complexity index is 323. The van der Waals surface area contributed by atoms with Gasteiger partial charge in [-0.1, -0.05) is 24.3 Å². The van der Waals surface area contributed by atoms with Crippen molar-refractivity contribution in [1.29, 1.82) is 0 Å². The highest BCUT2D eigenvalue weighted by molar-refractivity contribution is 7.27. The van der Waals surface area contributed by atoms with Gasteiger partial charge >= 0.3 is 0 Å². The minimum Gasteiger partial charge on any atom is -0.301 e. The fraction of sp³-hybridized carbons (Fsp3) is 0.571. The van der Waals surface area contributed by atoms with Crippen molar-refractivity contribution in [3.05, 3.63) is 29.8 Å². The second-order valence-corrected chi connectivity index (χ2v) is 5.74. The molecule has 0 N–H and O–H groups in total. The average Bonchev–Trinajstić information content (AvgIpc) is 2.30. The van der Waals surface area contributed by atoms with E-state index < -0.39 is 0 Å². The number of rotatable bonds is 2. The van der Waals surface area contributed by atoms with Crippen molar-refractivity contribution in [2.24, 2.45) is 0 Å². The van der Waals surface area contributed by atoms with E-state index in [0.717, 1.165) is 5.92 Å². The number of nitrogens with zero attached hydrogens (tertiary/aromatic N) is 1. The molecule has 1 atom stereocenters. The minimum absolute atomic E-state index is 0.704. The van der Waals surface area contributed by atoms with E-state index in [1.807, 2.05) is 0 Å². The van der Waals surface area contributed by atoms with E-state index in [4.69, 9.17) is 0 Å². The standard InChI is InChI=1S/C14H22NP/c1-11(2)15-9-7-13(8-10-15)12-3-5-14(16)6-4-12/h3-6,11,13H,7-10,16H2,1-2H3. The van der Waals surface area contributed by atoms with Crippen molar-refractivity contribution < 1.29 is 0 Å². The molecular formula is C14H22NP. The molecule has 88 valence electrons. The van der Waals surface area contributed by atoms with Crippen LogP contribution in [0.15, 0.2) is 24.3 Å². The maximum Gasteiger partial charge on any atom is 0.00385 e. The molecule has 1 nitrogen and oxygen atoms in total. The van der Waals surface area contributed by atoms with Crippen LogP contribution in [0.5, 0.6) is 0 Å². The Morgan fingerprint density at radius 1 is 1.12 bits per heavy atom. The molecule has 1 heterocycles. The van der Waals surface area contributed by atoms with Crippen LogP contribution in [0.3, 0.4) is 0 Å². The lowest BCUT2D eigenvalue weighted by atomic mass is 9.89. The van der Waals surface area contributed by atoms with Gasteiger partial charge < -0.3 is 4.90 Å². The molecule has 1 aromatic carbocycles. The first-order valence-corrected chi connectivity index (χ1v) is 6.84. The molecule has 0 spiro atoms. The van der Waals surface area contributed by atoms with Gasteiger partial charge in [-0.15, -0.1) is 9.24 Å². The first-order valence-electron chi connectivity index (χ1n) is 6.26. The van der Waals surface area contributed by atoms with E-state index in [-0.39, 0.29) is 0 Å². The number of benzene rings is 1. The normalized spacial score (nSPS) is 19.2. The van der Waals surface area contributed by atoms with Gasteiger partial charge in [0, 0.05) is 6.04 Å². The SMILES string of the molecule is CC(C)N1CCC(c2ccc(P)cc2)CC1. The van der Waals surface area contributed by atoms with Gasteiger partial charge in [0.1, 0.15) is 0 Å². The number of piperidine rings is 1. The van der Waals surface area contributed by atoms with Crippen LogP contribution < -0.4 is 5.30 Å². The highest BCUT2D eigenvalue weighted by Gasteiger charge is 2.21. The molecule has 0 aromatic heterocycles. The molecule has 2 heteroatoms. The predicted molar refractivity (Wildman–Crippen MR) is 74.5 cm³/mol. The monoisotopic (exact) mass is 235 g/mol. The maximum absolute atomic E-state index is 2.75. The summed E-state index contributed by atoms with van der Waals surface area (Å²) >= 11 is 0. The lowest BCUT2D eigenvalue weighted by Gasteiger charge is -2.34. The predicted octanol–water partition coefficient (Wildman–Crippen LogP) is 2.77. The van der Waals surface area contributed by atoms with Crippen LogP contribution in [-0.2, 0) is 0 Å². The zero-order valence-electron chi connectivity index (χ0n) is 10.3. The summed E-state index contributed by atoms with van der Waals surface area (Å²) < 4.78 is 0. The van der Waals surface area contributed by atoms with Gasteiger partial charge in [0.2, 0.25) is 0 Å². The Morgan fingerprint density at radius 2 is 1.69 bits per heavy atom. The van der Waals surface area contributed by atoms with Crippen LogP contribution in [0.25, 0.3) is 0 Å². The van der Waals surface area contributed by atoms with Gasteiger partial charge in [-0.3, -0.25) is 0 Å². The number of hydrogen-bond donors (Lipinski definition) is 0.